The highest BCUT2D eigenvalue weighted by atomic mass is 15.5. The van der Waals surface area contributed by atoms with E-state index >= 15 is 0 Å². The standard InChI is InChI=1S/C18H31N3/c1-7-18(5,6)16-12-8-10-14-15(11-9-13(12)16)21(20-19-14)17(2,3)4/h12-13,16H,7-11H2,1-6H3. The average Bonchev–Trinajstić information content (AvgIpc) is 2.91. The summed E-state index contributed by atoms with van der Waals surface area (Å²) in [4.78, 5) is 0. The normalized spacial score (nSPS) is 29.3. The van der Waals surface area contributed by atoms with Gasteiger partial charge in [-0.15, -0.1) is 5.10 Å². The predicted molar refractivity (Wildman–Crippen MR) is 86.2 cm³/mol. The van der Waals surface area contributed by atoms with Gasteiger partial charge >= 0.3 is 0 Å². The van der Waals surface area contributed by atoms with Crippen LogP contribution in [0.15, 0.2) is 0 Å². The van der Waals surface area contributed by atoms with Crippen LogP contribution in [-0.4, -0.2) is 15.0 Å². The van der Waals surface area contributed by atoms with Gasteiger partial charge < -0.3 is 0 Å². The van der Waals surface area contributed by atoms with E-state index in [4.69, 9.17) is 0 Å². The first-order valence-corrected chi connectivity index (χ1v) is 8.69. The van der Waals surface area contributed by atoms with Crippen LogP contribution >= 0.6 is 0 Å². The monoisotopic (exact) mass is 289 g/mol. The Hall–Kier alpha value is -0.860. The molecule has 0 aromatic carbocycles. The minimum absolute atomic E-state index is 0.0465. The Balaban J connectivity index is 1.80. The average molecular weight is 289 g/mol. The van der Waals surface area contributed by atoms with Gasteiger partial charge in [0, 0.05) is 0 Å². The van der Waals surface area contributed by atoms with E-state index in [1.165, 1.54) is 30.7 Å². The zero-order valence-electron chi connectivity index (χ0n) is 14.6. The summed E-state index contributed by atoms with van der Waals surface area (Å²) in [6, 6.07) is 0. The third kappa shape index (κ3) is 2.53. The van der Waals surface area contributed by atoms with Gasteiger partial charge in [-0.3, -0.25) is 0 Å². The molecule has 2 aliphatic rings. The number of aromatic nitrogens is 3. The third-order valence-electron chi connectivity index (χ3n) is 6.05. The van der Waals surface area contributed by atoms with Crippen LogP contribution in [0.2, 0.25) is 0 Å². The summed E-state index contributed by atoms with van der Waals surface area (Å²) >= 11 is 0. The molecule has 3 nitrogen and oxygen atoms in total. The highest BCUT2D eigenvalue weighted by Crippen LogP contribution is 2.61. The smallest absolute Gasteiger partial charge is 0.0859 e. The van der Waals surface area contributed by atoms with E-state index in [1.807, 2.05) is 0 Å². The van der Waals surface area contributed by atoms with Crippen LogP contribution in [0, 0.1) is 23.2 Å². The molecule has 0 saturated heterocycles. The van der Waals surface area contributed by atoms with Crippen LogP contribution in [-0.2, 0) is 18.4 Å². The van der Waals surface area contributed by atoms with Crippen LogP contribution in [0.3, 0.4) is 0 Å². The zero-order valence-corrected chi connectivity index (χ0v) is 14.6. The first kappa shape index (κ1) is 15.1. The molecule has 21 heavy (non-hydrogen) atoms. The largest absolute Gasteiger partial charge is 0.244 e. The summed E-state index contributed by atoms with van der Waals surface area (Å²) in [7, 11) is 0. The van der Waals surface area contributed by atoms with Gasteiger partial charge in [0.1, 0.15) is 0 Å². The Labute approximate surface area is 129 Å². The molecule has 0 bridgehead atoms. The topological polar surface area (TPSA) is 30.7 Å². The lowest BCUT2D eigenvalue weighted by molar-refractivity contribution is 0.265. The molecule has 3 heteroatoms. The van der Waals surface area contributed by atoms with Gasteiger partial charge in [-0.05, 0) is 69.6 Å². The fraction of sp³-hybridized carbons (Fsp3) is 0.889. The quantitative estimate of drug-likeness (QED) is 0.816. The Morgan fingerprint density at radius 1 is 1.05 bits per heavy atom. The molecule has 1 aromatic rings. The van der Waals surface area contributed by atoms with Crippen molar-refractivity contribution in [1.82, 2.24) is 15.0 Å². The van der Waals surface area contributed by atoms with Gasteiger partial charge in [-0.25, -0.2) is 4.68 Å². The second-order valence-corrected chi connectivity index (χ2v) is 8.84. The van der Waals surface area contributed by atoms with Gasteiger partial charge in [0.25, 0.3) is 0 Å². The molecule has 3 unspecified atom stereocenters. The highest BCUT2D eigenvalue weighted by molar-refractivity contribution is 5.17. The Morgan fingerprint density at radius 3 is 2.24 bits per heavy atom. The maximum Gasteiger partial charge on any atom is 0.0859 e. The van der Waals surface area contributed by atoms with Gasteiger partial charge in [-0.1, -0.05) is 32.4 Å². The summed E-state index contributed by atoms with van der Waals surface area (Å²) in [5.74, 6) is 2.81. The molecule has 1 fully saturated rings. The molecule has 3 atom stereocenters. The summed E-state index contributed by atoms with van der Waals surface area (Å²) in [6.07, 6.45) is 6.23. The van der Waals surface area contributed by atoms with Crippen LogP contribution in [0.1, 0.15) is 72.2 Å². The van der Waals surface area contributed by atoms with Crippen molar-refractivity contribution in [2.45, 2.75) is 79.2 Å². The number of rotatable bonds is 2. The van der Waals surface area contributed by atoms with E-state index in [9.17, 15) is 0 Å². The fourth-order valence-electron chi connectivity index (χ4n) is 4.55. The predicted octanol–water partition coefficient (Wildman–Crippen LogP) is 4.21. The van der Waals surface area contributed by atoms with Crippen molar-refractivity contribution < 1.29 is 0 Å². The number of fused-ring (bicyclic) bond motifs is 2. The number of hydrogen-bond acceptors (Lipinski definition) is 2. The van der Waals surface area contributed by atoms with Crippen molar-refractivity contribution in [3.8, 4) is 0 Å². The van der Waals surface area contributed by atoms with Gasteiger partial charge in [-0.2, -0.15) is 0 Å². The van der Waals surface area contributed by atoms with E-state index in [1.54, 1.807) is 0 Å². The van der Waals surface area contributed by atoms with Gasteiger partial charge in [0.2, 0.25) is 0 Å². The van der Waals surface area contributed by atoms with E-state index in [2.05, 4.69) is 56.5 Å². The number of hydrogen-bond donors (Lipinski definition) is 0. The fourth-order valence-corrected chi connectivity index (χ4v) is 4.55. The molecule has 1 aromatic heterocycles. The minimum Gasteiger partial charge on any atom is -0.244 e. The van der Waals surface area contributed by atoms with Gasteiger partial charge in [0.05, 0.1) is 16.9 Å². The van der Waals surface area contributed by atoms with Crippen molar-refractivity contribution in [3.05, 3.63) is 11.4 Å². The molecule has 1 heterocycles. The lowest BCUT2D eigenvalue weighted by Gasteiger charge is -2.23. The number of nitrogens with zero attached hydrogens (tertiary/aromatic N) is 3. The Bertz CT molecular complexity index is 521. The maximum atomic E-state index is 4.50. The molecule has 0 N–H and O–H groups in total. The molecule has 2 aliphatic carbocycles. The Kier molecular flexibility index (Phi) is 3.46. The minimum atomic E-state index is 0.0465. The Morgan fingerprint density at radius 2 is 1.67 bits per heavy atom. The van der Waals surface area contributed by atoms with Gasteiger partial charge in [0.15, 0.2) is 0 Å². The first-order valence-electron chi connectivity index (χ1n) is 8.69. The second-order valence-electron chi connectivity index (χ2n) is 8.84. The molecule has 1 saturated carbocycles. The molecule has 0 amide bonds. The second kappa shape index (κ2) is 4.82. The van der Waals surface area contributed by atoms with Crippen LogP contribution in [0.4, 0.5) is 0 Å². The summed E-state index contributed by atoms with van der Waals surface area (Å²) < 4.78 is 2.17. The highest BCUT2D eigenvalue weighted by Gasteiger charge is 2.55. The molecular formula is C18H31N3. The van der Waals surface area contributed by atoms with E-state index < -0.39 is 0 Å². The van der Waals surface area contributed by atoms with Crippen molar-refractivity contribution >= 4 is 0 Å². The molecular weight excluding hydrogens is 258 g/mol. The SMILES string of the molecule is CCC(C)(C)C1C2CCc3nnn(C(C)(C)C)c3CCC21. The van der Waals surface area contributed by atoms with E-state index in [-0.39, 0.29) is 5.54 Å². The first-order chi connectivity index (χ1) is 9.75. The summed E-state index contributed by atoms with van der Waals surface area (Å²) in [6.45, 7) is 14.0. The van der Waals surface area contributed by atoms with E-state index in [0.29, 0.717) is 5.41 Å². The summed E-state index contributed by atoms with van der Waals surface area (Å²) in [5, 5.41) is 8.94. The van der Waals surface area contributed by atoms with Crippen LogP contribution in [0.5, 0.6) is 0 Å². The van der Waals surface area contributed by atoms with Crippen molar-refractivity contribution in [3.63, 3.8) is 0 Å². The molecule has 118 valence electrons. The molecule has 0 radical (unpaired) electrons. The molecule has 0 aliphatic heterocycles. The van der Waals surface area contributed by atoms with Crippen molar-refractivity contribution in [2.75, 3.05) is 0 Å². The van der Waals surface area contributed by atoms with Crippen LogP contribution in [0.25, 0.3) is 0 Å². The number of aryl methyl sites for hydroxylation is 1. The van der Waals surface area contributed by atoms with Crippen molar-refractivity contribution in [2.24, 2.45) is 23.2 Å². The zero-order chi connectivity index (χ0) is 15.4. The van der Waals surface area contributed by atoms with Crippen molar-refractivity contribution in [1.29, 1.82) is 0 Å². The van der Waals surface area contributed by atoms with E-state index in [0.717, 1.165) is 30.6 Å². The lowest BCUT2D eigenvalue weighted by atomic mass is 9.82. The lowest BCUT2D eigenvalue weighted by Crippen LogP contribution is -2.26. The third-order valence-corrected chi connectivity index (χ3v) is 6.05. The molecule has 0 spiro atoms. The summed E-state index contributed by atoms with van der Waals surface area (Å²) in [5.41, 5.74) is 3.23. The molecule has 3 rings (SSSR count). The van der Waals surface area contributed by atoms with Crippen LogP contribution < -0.4 is 0 Å². The maximum absolute atomic E-state index is 4.50.